The summed E-state index contributed by atoms with van der Waals surface area (Å²) in [5.74, 6) is -13.4. The summed E-state index contributed by atoms with van der Waals surface area (Å²) in [6.07, 6.45) is -9.88. The van der Waals surface area contributed by atoms with Crippen LogP contribution in [-0.4, -0.2) is 188 Å². The number of hydrogen-bond acceptors (Lipinski definition) is 25. The van der Waals surface area contributed by atoms with E-state index in [4.69, 9.17) is 52.6 Å². The van der Waals surface area contributed by atoms with Gasteiger partial charge in [0.05, 0.1) is 29.1 Å². The molecule has 0 spiro atoms. The van der Waals surface area contributed by atoms with Crippen LogP contribution >= 0.6 is 23.2 Å². The first-order valence-electron chi connectivity index (χ1n) is 38.6. The Morgan fingerprint density at radius 2 is 1.25 bits per heavy atom. The number of nitrogens with two attached hydrogens (primary N) is 1. The van der Waals surface area contributed by atoms with E-state index in [1.54, 1.807) is 0 Å². The third-order valence-corrected chi connectivity index (χ3v) is 22.9. The van der Waals surface area contributed by atoms with Gasteiger partial charge < -0.3 is 123 Å². The Kier molecular flexibility index (Phi) is 25.9. The van der Waals surface area contributed by atoms with E-state index < -0.39 is 197 Å². The molecule has 4 aliphatic carbocycles. The number of imide groups is 1. The number of benzene rings is 6. The molecule has 0 aromatic heterocycles. The van der Waals surface area contributed by atoms with Gasteiger partial charge >= 0.3 is 6.03 Å². The highest BCUT2D eigenvalue weighted by Crippen LogP contribution is 2.55. The third kappa shape index (κ3) is 18.7. The van der Waals surface area contributed by atoms with Gasteiger partial charge in [-0.15, -0.1) is 0 Å². The van der Waals surface area contributed by atoms with Gasteiger partial charge in [-0.1, -0.05) is 55.2 Å². The molecule has 6 aliphatic heterocycles. The number of phenolic OH excluding ortho intramolecular Hbond substituents is 3. The van der Waals surface area contributed by atoms with Crippen LogP contribution < -0.4 is 83.2 Å². The molecule has 21 N–H and O–H groups in total. The molecule has 0 radical (unpaired) electrons. The van der Waals surface area contributed by atoms with Crippen LogP contribution in [0.5, 0.6) is 51.7 Å². The van der Waals surface area contributed by atoms with Crippen molar-refractivity contribution < 1.29 is 112 Å². The summed E-state index contributed by atoms with van der Waals surface area (Å²) in [5, 5.41) is 123. The zero-order valence-corrected chi connectivity index (χ0v) is 65.7. The SMILES string of the molecule is CN[C@H](CC(C)C)C(=O)NC1C(=O)NC(CC(=O)NC(=O)Nc2ccc(OCCCNC(C)=O)cc2)C(=O)NC2C(=O)N[C@H]3C(=O)N[C@H](C(=O)N[C@@H](C(=O)NC4C5CC6CC(C5)CC4C6)c4cc(O)cc(O)c4-c4cc3ccc4O)[C@H](O)c3ccc(c(Cl)c3)Oc3cc2cc(c3O[C@H]2O[C@H](CN)[C@@H](O)[C@H](O)[C@H]2O)Oc2ccc(cc2Cl)[C@H]1O. The Morgan fingerprint density at radius 3 is 1.87 bits per heavy atom. The number of aliphatic hydroxyl groups is 5. The zero-order valence-electron chi connectivity index (χ0n) is 64.2. The highest BCUT2D eigenvalue weighted by atomic mass is 35.5. The molecular weight excluding hydrogens is 1580 g/mol. The minimum atomic E-state index is -2.39. The second kappa shape index (κ2) is 36.0. The van der Waals surface area contributed by atoms with E-state index in [0.717, 1.165) is 86.7 Å². The molecular formula is C81H92Cl2N12O23. The van der Waals surface area contributed by atoms with Gasteiger partial charge in [-0.3, -0.25) is 48.5 Å². The maximum Gasteiger partial charge on any atom is 0.325 e. The third-order valence-electron chi connectivity index (χ3n) is 22.3. The smallest absolute Gasteiger partial charge is 0.325 e. The van der Waals surface area contributed by atoms with Crippen LogP contribution in [-0.2, 0) is 47.9 Å². The van der Waals surface area contributed by atoms with Crippen molar-refractivity contribution in [1.82, 2.24) is 53.2 Å². The lowest BCUT2D eigenvalue weighted by atomic mass is 9.54. The number of aliphatic hydroxyl groups excluding tert-OH is 5. The molecule has 37 heteroatoms. The van der Waals surface area contributed by atoms with Gasteiger partial charge in [0.2, 0.25) is 65.2 Å². The summed E-state index contributed by atoms with van der Waals surface area (Å²) >= 11 is 14.3. The Bertz CT molecular complexity index is 4860. The Labute approximate surface area is 685 Å². The minimum absolute atomic E-state index is 0.0639. The quantitative estimate of drug-likeness (QED) is 0.0548. The molecule has 6 heterocycles. The molecule has 1 saturated heterocycles. The van der Waals surface area contributed by atoms with Crippen molar-refractivity contribution in [2.24, 2.45) is 35.3 Å². The average Bonchev–Trinajstić information content (AvgIpc) is 0.743. The molecule has 11 amide bonds. The second-order valence-electron chi connectivity index (χ2n) is 31.1. The van der Waals surface area contributed by atoms with Crippen molar-refractivity contribution in [2.75, 3.05) is 32.1 Å². The summed E-state index contributed by atoms with van der Waals surface area (Å²) in [6.45, 7) is 5.09. The summed E-state index contributed by atoms with van der Waals surface area (Å²) < 4.78 is 31.4. The number of likely N-dealkylation sites (N-methyl/N-ethyl adjacent to an activating group) is 1. The summed E-state index contributed by atoms with van der Waals surface area (Å²) in [4.78, 5) is 149. The van der Waals surface area contributed by atoms with Crippen LogP contribution in [0.4, 0.5) is 10.5 Å². The van der Waals surface area contributed by atoms with Crippen LogP contribution in [0.3, 0.4) is 0 Å². The first-order valence-corrected chi connectivity index (χ1v) is 39.4. The first kappa shape index (κ1) is 84.8. The minimum Gasteiger partial charge on any atom is -0.508 e. The Balaban J connectivity index is 0.968. The van der Waals surface area contributed by atoms with Gasteiger partial charge in [0, 0.05) is 48.9 Å². The van der Waals surface area contributed by atoms with Gasteiger partial charge in [0.15, 0.2) is 11.5 Å². The number of phenols is 3. The molecule has 16 rings (SSSR count). The largest absolute Gasteiger partial charge is 0.508 e. The molecule has 6 aromatic carbocycles. The van der Waals surface area contributed by atoms with Crippen molar-refractivity contribution in [2.45, 2.75) is 163 Å². The van der Waals surface area contributed by atoms with E-state index in [1.165, 1.54) is 62.5 Å². The lowest BCUT2D eigenvalue weighted by Crippen LogP contribution is -2.60. The first-order chi connectivity index (χ1) is 56.3. The molecule has 15 bridgehead atoms. The number of carbonyl (C=O) groups is 10. The number of aromatic hydroxyl groups is 3. The van der Waals surface area contributed by atoms with Gasteiger partial charge in [-0.05, 0) is 188 Å². The number of urea groups is 1. The molecule has 14 atom stereocenters. The van der Waals surface area contributed by atoms with Crippen LogP contribution in [0.1, 0.15) is 130 Å². The average molecular weight is 1670 g/mol. The normalized spacial score (nSPS) is 27.4. The number of nitrogens with one attached hydrogen (secondary N) is 11. The van der Waals surface area contributed by atoms with Gasteiger partial charge in [-0.2, -0.15) is 0 Å². The molecule has 4 saturated carbocycles. The fourth-order valence-electron chi connectivity index (χ4n) is 16.7. The Hall–Kier alpha value is -11.1. The molecule has 118 heavy (non-hydrogen) atoms. The fraction of sp³-hybridized carbons (Fsp3) is 0.432. The highest BCUT2D eigenvalue weighted by molar-refractivity contribution is 6.32. The van der Waals surface area contributed by atoms with E-state index in [1.807, 2.05) is 13.8 Å². The number of halogens is 2. The van der Waals surface area contributed by atoms with E-state index in [0.29, 0.717) is 30.6 Å². The highest BCUT2D eigenvalue weighted by Gasteiger charge is 2.51. The van der Waals surface area contributed by atoms with Gasteiger partial charge in [-0.25, -0.2) is 4.79 Å². The summed E-state index contributed by atoms with van der Waals surface area (Å²) in [7, 11) is 1.47. The van der Waals surface area contributed by atoms with Crippen LogP contribution in [0.15, 0.2) is 103 Å². The van der Waals surface area contributed by atoms with Crippen molar-refractivity contribution in [1.29, 1.82) is 0 Å². The number of rotatable bonds is 18. The zero-order chi connectivity index (χ0) is 84.4. The monoisotopic (exact) mass is 1670 g/mol. The van der Waals surface area contributed by atoms with Crippen molar-refractivity contribution in [3.05, 3.63) is 141 Å². The summed E-state index contributed by atoms with van der Waals surface area (Å²) in [5.41, 5.74) is 3.90. The van der Waals surface area contributed by atoms with E-state index >= 15 is 28.8 Å². The standard InChI is InChI=1S/C81H92Cl2N12O23/c1-33(2)18-50(85-4)73(106)94-65-67(101)38-7-14-54(48(82)25-38)115-56-27-42-28-57(72(56)118-80-71(105)70(104)69(103)58(32-84)117-80)116-55-15-8-39(26-49(55)83)68(102)66-79(112)93-64(77(110)90-61-40-20-35-19-36(22-40)23-41(61)21-35)47-29-44(97)30-53(99)60(47)46-24-37(6-13-52(46)98)62(75(108)95-66)92-76(109)63(42)91-74(107)51(88-78(65)111)31-59(100)89-81(113)87-43-9-11-45(12-10-43)114-17-5-16-86-34(3)96/h6-15,24-30,33,35-36,40-41,50-51,58,61-71,80,85,97-99,101-105H,5,16-23,31-32,84H2,1-4H3,(H,86,96)(H,88,111)(H,90,110)(H,91,107)(H,92,109)(H,93,112)(H,94,106)(H,95,108)(H2,87,89,100,113)/t35?,36?,40?,41?,50-,51?,58-,61?,62-,63?,64-,65?,66+,67-,68-,69-,70+,71-,80-/m1/s1. The number of anilines is 1. The number of ether oxygens (including phenoxy) is 5. The Morgan fingerprint density at radius 1 is 0.636 bits per heavy atom. The topological polar surface area (TPSA) is 537 Å². The molecule has 3 unspecified atom stereocenters. The number of carbonyl (C=O) groups excluding carboxylic acids is 10. The molecule has 628 valence electrons. The predicted octanol–water partition coefficient (Wildman–Crippen LogP) is 3.46. The molecule has 10 aliphatic rings. The van der Waals surface area contributed by atoms with Crippen LogP contribution in [0.2, 0.25) is 10.0 Å². The van der Waals surface area contributed by atoms with Gasteiger partial charge in [0.25, 0.3) is 0 Å². The van der Waals surface area contributed by atoms with Crippen molar-refractivity contribution >= 4 is 88.1 Å². The number of amides is 11. The van der Waals surface area contributed by atoms with Crippen LogP contribution in [0, 0.1) is 29.6 Å². The van der Waals surface area contributed by atoms with Crippen LogP contribution in [0.25, 0.3) is 11.1 Å². The maximum absolute atomic E-state index is 16.4. The maximum atomic E-state index is 16.4. The molecule has 5 fully saturated rings. The summed E-state index contributed by atoms with van der Waals surface area (Å²) in [6, 6.07) is 4.56. The van der Waals surface area contributed by atoms with E-state index in [2.05, 4.69) is 58.5 Å². The lowest BCUT2D eigenvalue weighted by molar-refractivity contribution is -0.270. The fourth-order valence-corrected chi connectivity index (χ4v) is 17.1. The second-order valence-corrected chi connectivity index (χ2v) is 31.9. The number of hydrogen-bond donors (Lipinski definition) is 20. The molecule has 35 nitrogen and oxygen atoms in total. The van der Waals surface area contributed by atoms with Gasteiger partial charge in [0.1, 0.15) is 107 Å². The molecule has 6 aromatic rings. The van der Waals surface area contributed by atoms with Crippen molar-refractivity contribution in [3.8, 4) is 62.9 Å². The lowest BCUT2D eigenvalue weighted by Gasteiger charge is -2.54. The van der Waals surface area contributed by atoms with E-state index in [9.17, 15) is 60.0 Å². The van der Waals surface area contributed by atoms with Crippen molar-refractivity contribution in [3.63, 3.8) is 0 Å². The van der Waals surface area contributed by atoms with E-state index in [-0.39, 0.29) is 98.3 Å². The predicted molar refractivity (Wildman–Crippen MR) is 419 cm³/mol. The number of fused-ring (bicyclic) bond motifs is 15.